The molecule has 2 saturated heterocycles. The quantitative estimate of drug-likeness (QED) is 0.288. The number of amides is 1. The highest BCUT2D eigenvalue weighted by atomic mass is 19.4. The average molecular weight is 624 g/mol. The summed E-state index contributed by atoms with van der Waals surface area (Å²) in [6, 6.07) is 11.2. The zero-order valence-corrected chi connectivity index (χ0v) is 25.0. The van der Waals surface area contributed by atoms with Gasteiger partial charge in [-0.05, 0) is 55.5 Å². The lowest BCUT2D eigenvalue weighted by Gasteiger charge is -2.37. The molecule has 0 bridgehead atoms. The third-order valence-electron chi connectivity index (χ3n) is 8.39. The second-order valence-electron chi connectivity index (χ2n) is 11.4. The molecule has 1 amide bonds. The maximum atomic E-state index is 13.0. The van der Waals surface area contributed by atoms with Crippen molar-refractivity contribution in [1.29, 1.82) is 0 Å². The fourth-order valence-electron chi connectivity index (χ4n) is 5.87. The highest BCUT2D eigenvalue weighted by Gasteiger charge is 2.33. The summed E-state index contributed by atoms with van der Waals surface area (Å²) < 4.78 is 44.8. The molecule has 3 fully saturated rings. The van der Waals surface area contributed by atoms with Gasteiger partial charge in [-0.2, -0.15) is 13.2 Å². The van der Waals surface area contributed by atoms with Crippen LogP contribution >= 0.6 is 0 Å². The number of alkyl halides is 3. The van der Waals surface area contributed by atoms with Crippen LogP contribution < -0.4 is 25.3 Å². The minimum absolute atomic E-state index is 0.126. The second-order valence-corrected chi connectivity index (χ2v) is 11.4. The number of nitrogens with one attached hydrogen (secondary N) is 2. The fraction of sp³-hybridized carbons (Fsp3) is 0.406. The van der Waals surface area contributed by atoms with Gasteiger partial charge in [-0.1, -0.05) is 18.7 Å². The van der Waals surface area contributed by atoms with Crippen molar-refractivity contribution in [3.05, 3.63) is 72.6 Å². The Morgan fingerprint density at radius 1 is 1.07 bits per heavy atom. The summed E-state index contributed by atoms with van der Waals surface area (Å²) in [4.78, 5) is 31.9. The molecular formula is C32H36F3N7O3. The molecule has 45 heavy (non-hydrogen) atoms. The van der Waals surface area contributed by atoms with E-state index in [0.29, 0.717) is 54.3 Å². The van der Waals surface area contributed by atoms with Crippen LogP contribution in [-0.4, -0.2) is 72.8 Å². The van der Waals surface area contributed by atoms with Gasteiger partial charge in [-0.25, -0.2) is 15.0 Å². The molecule has 2 aromatic carbocycles. The standard InChI is InChI=1S/C32H36F3N7O3/c1-3-31(43)39-25-17-26(28(44-2)18-27(25)41-13-11-40(12-14-41)23-8-9-23)38-29-19-30(37-20-36-29)42-24(10-15-45-42)16-21-4-6-22(7-5-21)32(33,34)35/h3-7,17-20,23-24H,1,8-16H2,2H3,(H,39,43)(H,36,37,38). The van der Waals surface area contributed by atoms with E-state index >= 15 is 0 Å². The highest BCUT2D eigenvalue weighted by molar-refractivity contribution is 6.02. The van der Waals surface area contributed by atoms with E-state index in [0.717, 1.165) is 49.6 Å². The molecule has 1 aliphatic carbocycles. The molecule has 3 heterocycles. The summed E-state index contributed by atoms with van der Waals surface area (Å²) >= 11 is 0. The first-order valence-electron chi connectivity index (χ1n) is 15.0. The molecule has 13 heteroatoms. The van der Waals surface area contributed by atoms with Crippen LogP contribution in [0.3, 0.4) is 0 Å². The van der Waals surface area contributed by atoms with Gasteiger partial charge in [-0.3, -0.25) is 14.5 Å². The molecular weight excluding hydrogens is 587 g/mol. The van der Waals surface area contributed by atoms with E-state index < -0.39 is 11.7 Å². The summed E-state index contributed by atoms with van der Waals surface area (Å²) in [5, 5.41) is 7.92. The number of anilines is 5. The number of piperazine rings is 1. The molecule has 1 atom stereocenters. The van der Waals surface area contributed by atoms with Gasteiger partial charge < -0.3 is 20.3 Å². The summed E-state index contributed by atoms with van der Waals surface area (Å²) in [5.74, 6) is 1.22. The van der Waals surface area contributed by atoms with Crippen LogP contribution in [0.15, 0.2) is 61.4 Å². The van der Waals surface area contributed by atoms with Gasteiger partial charge in [-0.15, -0.1) is 0 Å². The SMILES string of the molecule is C=CC(=O)Nc1cc(Nc2cc(N3OCCC3Cc3ccc(C(F)(F)F)cc3)ncn2)c(OC)cc1N1CCN(C2CC2)CC1. The summed E-state index contributed by atoms with van der Waals surface area (Å²) in [6.07, 6.45) is 1.98. The van der Waals surface area contributed by atoms with Gasteiger partial charge in [0.05, 0.1) is 42.4 Å². The number of hydrogen-bond acceptors (Lipinski definition) is 9. The molecule has 1 aromatic heterocycles. The largest absolute Gasteiger partial charge is 0.494 e. The lowest BCUT2D eigenvalue weighted by Crippen LogP contribution is -2.47. The second kappa shape index (κ2) is 12.9. The molecule has 238 valence electrons. The maximum absolute atomic E-state index is 13.0. The Hall–Kier alpha value is -4.36. The Bertz CT molecular complexity index is 1520. The van der Waals surface area contributed by atoms with Crippen LogP contribution in [0.1, 0.15) is 30.4 Å². The number of hydrogen-bond donors (Lipinski definition) is 2. The Balaban J connectivity index is 1.21. The number of rotatable bonds is 10. The first kappa shape index (κ1) is 30.7. The fourth-order valence-corrected chi connectivity index (χ4v) is 5.87. The lowest BCUT2D eigenvalue weighted by atomic mass is 10.0. The molecule has 6 rings (SSSR count). The predicted octanol–water partition coefficient (Wildman–Crippen LogP) is 5.41. The number of nitrogens with zero attached hydrogens (tertiary/aromatic N) is 5. The van der Waals surface area contributed by atoms with E-state index in [-0.39, 0.29) is 11.9 Å². The number of carbonyl (C=O) groups excluding carboxylic acids is 1. The smallest absolute Gasteiger partial charge is 0.416 e. The van der Waals surface area contributed by atoms with Gasteiger partial charge in [0.1, 0.15) is 17.9 Å². The van der Waals surface area contributed by atoms with Crippen molar-refractivity contribution >= 4 is 34.6 Å². The molecule has 10 nitrogen and oxygen atoms in total. The van der Waals surface area contributed by atoms with Gasteiger partial charge in [0.2, 0.25) is 5.91 Å². The topological polar surface area (TPSA) is 95.1 Å². The van der Waals surface area contributed by atoms with Crippen molar-refractivity contribution < 1.29 is 27.5 Å². The Morgan fingerprint density at radius 3 is 2.49 bits per heavy atom. The summed E-state index contributed by atoms with van der Waals surface area (Å²) in [6.45, 7) is 7.65. The van der Waals surface area contributed by atoms with Crippen molar-refractivity contribution in [2.75, 3.05) is 60.5 Å². The van der Waals surface area contributed by atoms with E-state index in [1.54, 1.807) is 18.2 Å². The van der Waals surface area contributed by atoms with Gasteiger partial charge in [0, 0.05) is 44.4 Å². The van der Waals surface area contributed by atoms with E-state index in [2.05, 4.69) is 37.0 Å². The van der Waals surface area contributed by atoms with Crippen LogP contribution in [0, 0.1) is 0 Å². The van der Waals surface area contributed by atoms with Crippen LogP contribution in [0.4, 0.5) is 41.9 Å². The number of ether oxygens (including phenoxy) is 1. The third-order valence-corrected chi connectivity index (χ3v) is 8.39. The van der Waals surface area contributed by atoms with Crippen molar-refractivity contribution in [2.24, 2.45) is 0 Å². The zero-order chi connectivity index (χ0) is 31.6. The number of carbonyl (C=O) groups is 1. The van der Waals surface area contributed by atoms with Crippen molar-refractivity contribution in [3.63, 3.8) is 0 Å². The monoisotopic (exact) mass is 623 g/mol. The van der Waals surface area contributed by atoms with Gasteiger partial charge >= 0.3 is 6.18 Å². The van der Waals surface area contributed by atoms with E-state index in [4.69, 9.17) is 9.57 Å². The minimum atomic E-state index is -4.38. The molecule has 2 aliphatic heterocycles. The third kappa shape index (κ3) is 7.15. The van der Waals surface area contributed by atoms with E-state index in [9.17, 15) is 18.0 Å². The van der Waals surface area contributed by atoms with Crippen LogP contribution in [-0.2, 0) is 22.2 Å². The molecule has 0 radical (unpaired) electrons. The molecule has 0 spiro atoms. The van der Waals surface area contributed by atoms with Crippen LogP contribution in [0.5, 0.6) is 5.75 Å². The summed E-state index contributed by atoms with van der Waals surface area (Å²) in [5.41, 5.74) is 2.17. The normalized spacial score (nSPS) is 19.0. The van der Waals surface area contributed by atoms with Crippen molar-refractivity contribution in [1.82, 2.24) is 14.9 Å². The van der Waals surface area contributed by atoms with Crippen molar-refractivity contribution in [3.8, 4) is 5.75 Å². The van der Waals surface area contributed by atoms with Gasteiger partial charge in [0.15, 0.2) is 5.82 Å². The van der Waals surface area contributed by atoms with E-state index in [1.807, 2.05) is 12.1 Å². The number of aromatic nitrogens is 2. The lowest BCUT2D eigenvalue weighted by molar-refractivity contribution is -0.137. The average Bonchev–Trinajstić information content (AvgIpc) is 3.79. The molecule has 3 aromatic rings. The highest BCUT2D eigenvalue weighted by Crippen LogP contribution is 2.40. The Kier molecular flexibility index (Phi) is 8.81. The Morgan fingerprint density at radius 2 is 1.82 bits per heavy atom. The molecule has 1 unspecified atom stereocenters. The first-order chi connectivity index (χ1) is 21.7. The molecule has 1 saturated carbocycles. The zero-order valence-electron chi connectivity index (χ0n) is 25.0. The minimum Gasteiger partial charge on any atom is -0.494 e. The number of benzene rings is 2. The molecule has 2 N–H and O–H groups in total. The predicted molar refractivity (Wildman–Crippen MR) is 166 cm³/mol. The maximum Gasteiger partial charge on any atom is 0.416 e. The van der Waals surface area contributed by atoms with Crippen LogP contribution in [0.25, 0.3) is 0 Å². The number of halogens is 3. The first-order valence-corrected chi connectivity index (χ1v) is 15.0. The Labute approximate surface area is 259 Å². The van der Waals surface area contributed by atoms with Crippen molar-refractivity contribution in [2.45, 2.75) is 43.9 Å². The number of hydroxylamine groups is 1. The van der Waals surface area contributed by atoms with E-state index in [1.165, 1.54) is 37.4 Å². The van der Waals surface area contributed by atoms with Crippen LogP contribution in [0.2, 0.25) is 0 Å². The number of methoxy groups -OCH3 is 1. The molecule has 3 aliphatic rings. The van der Waals surface area contributed by atoms with Gasteiger partial charge in [0.25, 0.3) is 0 Å². The summed E-state index contributed by atoms with van der Waals surface area (Å²) in [7, 11) is 1.59.